The molecule has 0 aliphatic rings. The van der Waals surface area contributed by atoms with E-state index in [4.69, 9.17) is 0 Å². The lowest BCUT2D eigenvalue weighted by atomic mass is 10.2. The smallest absolute Gasteiger partial charge is 0.274 e. The minimum absolute atomic E-state index is 0.104. The fourth-order valence-electron chi connectivity index (χ4n) is 1.78. The molecule has 0 saturated heterocycles. The van der Waals surface area contributed by atoms with Crippen molar-refractivity contribution in [2.45, 2.75) is 34.1 Å². The highest BCUT2D eigenvalue weighted by Crippen LogP contribution is 2.17. The van der Waals surface area contributed by atoms with Crippen molar-refractivity contribution in [3.05, 3.63) is 22.1 Å². The zero-order chi connectivity index (χ0) is 15.9. The number of carbonyl (C=O) groups is 1. The van der Waals surface area contributed by atoms with Gasteiger partial charge in [-0.3, -0.25) is 9.59 Å². The van der Waals surface area contributed by atoms with E-state index in [1.807, 2.05) is 27.7 Å². The SMILES string of the molecule is CC.CCCN(CC)C(=O)c1c(O)c(=O)c(O)cn1C. The van der Waals surface area contributed by atoms with Crippen LogP contribution in [0.15, 0.2) is 11.0 Å². The van der Waals surface area contributed by atoms with Crippen LogP contribution in [0.4, 0.5) is 0 Å². The molecular formula is C14H24N2O4. The Morgan fingerprint density at radius 1 is 1.30 bits per heavy atom. The molecule has 2 N–H and O–H groups in total. The number of nitrogens with zero attached hydrogens (tertiary/aromatic N) is 2. The van der Waals surface area contributed by atoms with Crippen LogP contribution >= 0.6 is 0 Å². The van der Waals surface area contributed by atoms with Gasteiger partial charge >= 0.3 is 0 Å². The van der Waals surface area contributed by atoms with Gasteiger partial charge in [0, 0.05) is 20.1 Å². The van der Waals surface area contributed by atoms with Crippen molar-refractivity contribution in [3.8, 4) is 11.5 Å². The van der Waals surface area contributed by atoms with E-state index in [9.17, 15) is 19.8 Å². The normalized spacial score (nSPS) is 9.65. The summed E-state index contributed by atoms with van der Waals surface area (Å²) in [5, 5.41) is 19.0. The van der Waals surface area contributed by atoms with Gasteiger partial charge in [-0.05, 0) is 13.3 Å². The Bertz CT molecular complexity index is 509. The van der Waals surface area contributed by atoms with E-state index in [2.05, 4.69) is 0 Å². The Morgan fingerprint density at radius 3 is 2.30 bits per heavy atom. The van der Waals surface area contributed by atoms with E-state index in [1.54, 1.807) is 0 Å². The Balaban J connectivity index is 0.00000172. The summed E-state index contributed by atoms with van der Waals surface area (Å²) < 4.78 is 1.26. The molecule has 0 saturated carbocycles. The zero-order valence-corrected chi connectivity index (χ0v) is 12.8. The average molecular weight is 284 g/mol. The summed E-state index contributed by atoms with van der Waals surface area (Å²) in [6.07, 6.45) is 1.90. The van der Waals surface area contributed by atoms with Crippen LogP contribution in [0.1, 0.15) is 44.6 Å². The van der Waals surface area contributed by atoms with Gasteiger partial charge in [-0.15, -0.1) is 0 Å². The quantitative estimate of drug-likeness (QED) is 0.881. The van der Waals surface area contributed by atoms with Crippen molar-refractivity contribution < 1.29 is 15.0 Å². The molecule has 0 spiro atoms. The molecule has 1 heterocycles. The van der Waals surface area contributed by atoms with Gasteiger partial charge in [0.1, 0.15) is 0 Å². The molecule has 114 valence electrons. The fraction of sp³-hybridized carbons (Fsp3) is 0.571. The van der Waals surface area contributed by atoms with Gasteiger partial charge in [-0.1, -0.05) is 20.8 Å². The van der Waals surface area contributed by atoms with Gasteiger partial charge in [0.15, 0.2) is 17.2 Å². The van der Waals surface area contributed by atoms with Crippen molar-refractivity contribution in [2.75, 3.05) is 13.1 Å². The molecule has 6 nitrogen and oxygen atoms in total. The van der Waals surface area contributed by atoms with Gasteiger partial charge in [0.05, 0.1) is 6.20 Å². The van der Waals surface area contributed by atoms with Crippen LogP contribution in [0.3, 0.4) is 0 Å². The van der Waals surface area contributed by atoms with Crippen LogP contribution in [-0.4, -0.2) is 38.7 Å². The summed E-state index contributed by atoms with van der Waals surface area (Å²) in [6, 6.07) is 0. The van der Waals surface area contributed by atoms with E-state index in [0.29, 0.717) is 13.1 Å². The molecule has 1 aromatic heterocycles. The average Bonchev–Trinajstić information content (AvgIpc) is 2.44. The molecule has 0 aliphatic heterocycles. The topological polar surface area (TPSA) is 82.8 Å². The lowest BCUT2D eigenvalue weighted by Crippen LogP contribution is -2.34. The van der Waals surface area contributed by atoms with Crippen LogP contribution < -0.4 is 5.43 Å². The Labute approximate surface area is 119 Å². The van der Waals surface area contributed by atoms with Crippen molar-refractivity contribution >= 4 is 5.91 Å². The molecule has 0 atom stereocenters. The molecule has 1 amide bonds. The predicted octanol–water partition coefficient (Wildman–Crippen LogP) is 1.69. The van der Waals surface area contributed by atoms with Crippen LogP contribution in [0.2, 0.25) is 0 Å². The predicted molar refractivity (Wildman–Crippen MR) is 78.2 cm³/mol. The molecule has 0 aromatic carbocycles. The van der Waals surface area contributed by atoms with E-state index in [1.165, 1.54) is 16.5 Å². The Hall–Kier alpha value is -1.98. The van der Waals surface area contributed by atoms with E-state index >= 15 is 0 Å². The van der Waals surface area contributed by atoms with Crippen LogP contribution in [0.5, 0.6) is 11.5 Å². The molecule has 0 radical (unpaired) electrons. The van der Waals surface area contributed by atoms with Gasteiger partial charge < -0.3 is 19.7 Å². The first kappa shape index (κ1) is 18.0. The molecule has 1 rings (SSSR count). The fourth-order valence-corrected chi connectivity index (χ4v) is 1.78. The number of amides is 1. The molecule has 20 heavy (non-hydrogen) atoms. The van der Waals surface area contributed by atoms with Gasteiger partial charge in [0.25, 0.3) is 11.3 Å². The lowest BCUT2D eigenvalue weighted by Gasteiger charge is -2.21. The number of rotatable bonds is 4. The minimum Gasteiger partial charge on any atom is -0.503 e. The molecule has 1 aromatic rings. The van der Waals surface area contributed by atoms with Crippen molar-refractivity contribution in [2.24, 2.45) is 7.05 Å². The maximum atomic E-state index is 12.2. The third kappa shape index (κ3) is 3.76. The number of aryl methyl sites for hydroxylation is 1. The molecule has 0 unspecified atom stereocenters. The molecular weight excluding hydrogens is 260 g/mol. The van der Waals surface area contributed by atoms with Crippen molar-refractivity contribution in [1.29, 1.82) is 0 Å². The first-order chi connectivity index (χ1) is 9.43. The van der Waals surface area contributed by atoms with E-state index < -0.39 is 22.8 Å². The minimum atomic E-state index is -0.927. The second-order valence-electron chi connectivity index (χ2n) is 4.04. The van der Waals surface area contributed by atoms with E-state index in [0.717, 1.165) is 12.6 Å². The third-order valence-electron chi connectivity index (χ3n) is 2.71. The maximum Gasteiger partial charge on any atom is 0.274 e. The second kappa shape index (κ2) is 8.24. The summed E-state index contributed by atoms with van der Waals surface area (Å²) in [6.45, 7) is 8.79. The first-order valence-corrected chi connectivity index (χ1v) is 6.84. The third-order valence-corrected chi connectivity index (χ3v) is 2.71. The number of carbonyl (C=O) groups excluding carboxylic acids is 1. The van der Waals surface area contributed by atoms with Gasteiger partial charge in [0.2, 0.25) is 0 Å². The molecule has 0 fully saturated rings. The summed E-state index contributed by atoms with van der Waals surface area (Å²) in [7, 11) is 1.49. The van der Waals surface area contributed by atoms with Crippen LogP contribution in [0.25, 0.3) is 0 Å². The number of aromatic hydroxyl groups is 2. The number of hydrogen-bond donors (Lipinski definition) is 2. The van der Waals surface area contributed by atoms with Gasteiger partial charge in [-0.25, -0.2) is 0 Å². The monoisotopic (exact) mass is 284 g/mol. The van der Waals surface area contributed by atoms with Crippen molar-refractivity contribution in [3.63, 3.8) is 0 Å². The first-order valence-electron chi connectivity index (χ1n) is 6.84. The summed E-state index contributed by atoms with van der Waals surface area (Å²) in [5.74, 6) is -1.71. The highest BCUT2D eigenvalue weighted by Gasteiger charge is 2.23. The lowest BCUT2D eigenvalue weighted by molar-refractivity contribution is 0.0750. The Kier molecular flexibility index (Phi) is 7.43. The second-order valence-corrected chi connectivity index (χ2v) is 4.04. The number of aromatic nitrogens is 1. The number of pyridine rings is 1. The van der Waals surface area contributed by atoms with Gasteiger partial charge in [-0.2, -0.15) is 0 Å². The molecule has 0 aliphatic carbocycles. The largest absolute Gasteiger partial charge is 0.503 e. The Morgan fingerprint density at radius 2 is 1.85 bits per heavy atom. The van der Waals surface area contributed by atoms with E-state index in [-0.39, 0.29) is 5.69 Å². The summed E-state index contributed by atoms with van der Waals surface area (Å²) in [5.41, 5.74) is -1.03. The number of hydrogen-bond acceptors (Lipinski definition) is 4. The highest BCUT2D eigenvalue weighted by molar-refractivity contribution is 5.95. The zero-order valence-electron chi connectivity index (χ0n) is 12.8. The molecule has 6 heteroatoms. The van der Waals surface area contributed by atoms with Crippen LogP contribution in [-0.2, 0) is 7.05 Å². The maximum absolute atomic E-state index is 12.2. The molecule has 0 bridgehead atoms. The summed E-state index contributed by atoms with van der Waals surface area (Å²) in [4.78, 5) is 25.2. The standard InChI is InChI=1S/C12H18N2O4.C2H6/c1-4-6-14(5-2)12(18)9-11(17)10(16)8(15)7-13(9)3;1-2/h7,15,17H,4-6H2,1-3H3;1-2H3. The van der Waals surface area contributed by atoms with Crippen molar-refractivity contribution in [1.82, 2.24) is 9.47 Å². The highest BCUT2D eigenvalue weighted by atomic mass is 16.3. The summed E-state index contributed by atoms with van der Waals surface area (Å²) >= 11 is 0. The van der Waals surface area contributed by atoms with Crippen LogP contribution in [0, 0.1) is 0 Å².